The summed E-state index contributed by atoms with van der Waals surface area (Å²) >= 11 is 1.50. The number of ketones is 1. The minimum absolute atomic E-state index is 0.00744. The number of rotatable bonds is 5. The van der Waals surface area contributed by atoms with Gasteiger partial charge in [-0.15, -0.1) is 11.3 Å². The maximum absolute atomic E-state index is 13.5. The molecule has 1 saturated heterocycles. The summed E-state index contributed by atoms with van der Waals surface area (Å²) in [6.45, 7) is 3.27. The van der Waals surface area contributed by atoms with E-state index in [-0.39, 0.29) is 29.2 Å². The maximum atomic E-state index is 13.5. The van der Waals surface area contributed by atoms with Crippen LogP contribution in [-0.4, -0.2) is 46.4 Å². The fourth-order valence-electron chi connectivity index (χ4n) is 4.28. The van der Waals surface area contributed by atoms with Crippen molar-refractivity contribution in [1.29, 1.82) is 0 Å². The Morgan fingerprint density at radius 3 is 2.68 bits per heavy atom. The molecule has 4 aromatic rings. The number of anilines is 1. The Bertz CT molecular complexity index is 1540. The monoisotopic (exact) mass is 494 g/mol. The number of benzene rings is 1. The Morgan fingerprint density at radius 1 is 1.18 bits per heavy atom. The largest absolute Gasteiger partial charge is 0.322 e. The highest BCUT2D eigenvalue weighted by Crippen LogP contribution is 2.33. The van der Waals surface area contributed by atoms with E-state index in [1.54, 1.807) is 41.9 Å². The summed E-state index contributed by atoms with van der Waals surface area (Å²) in [5.74, 6) is -0.325. The first-order valence-corrected chi connectivity index (χ1v) is 13.5. The predicted octanol–water partition coefficient (Wildman–Crippen LogP) is 4.28. The van der Waals surface area contributed by atoms with Gasteiger partial charge in [-0.2, -0.15) is 5.10 Å². The van der Waals surface area contributed by atoms with Crippen LogP contribution in [0.4, 0.5) is 5.69 Å². The van der Waals surface area contributed by atoms with Gasteiger partial charge in [0.05, 0.1) is 44.8 Å². The number of hydrogen-bond acceptors (Lipinski definition) is 7. The Kier molecular flexibility index (Phi) is 5.57. The average molecular weight is 495 g/mol. The van der Waals surface area contributed by atoms with Crippen LogP contribution in [0.5, 0.6) is 0 Å². The molecular weight excluding hydrogens is 472 g/mol. The molecule has 5 rings (SSSR count). The number of sulfone groups is 1. The standard InChI is InChI=1S/C24H22N4O4S2/c1-14-22-19(24(30)25-17-6-3-5-16(11-17)15(2)29)12-20(21-7-4-9-33-21)26-23(22)28(27-14)18-8-10-34(31,32)13-18/h3-7,9,11-12,18H,8,10,13H2,1-2H3,(H,25,30). The first-order chi connectivity index (χ1) is 16.2. The van der Waals surface area contributed by atoms with Crippen molar-refractivity contribution in [3.63, 3.8) is 0 Å². The fourth-order valence-corrected chi connectivity index (χ4v) is 6.66. The number of fused-ring (bicyclic) bond motifs is 1. The van der Waals surface area contributed by atoms with Gasteiger partial charge in [-0.05, 0) is 49.9 Å². The second-order valence-electron chi connectivity index (χ2n) is 8.41. The van der Waals surface area contributed by atoms with Crippen molar-refractivity contribution in [2.45, 2.75) is 26.3 Å². The number of nitrogens with one attached hydrogen (secondary N) is 1. The average Bonchev–Trinajstić information content (AvgIpc) is 3.52. The molecular formula is C24H22N4O4S2. The molecule has 34 heavy (non-hydrogen) atoms. The zero-order valence-corrected chi connectivity index (χ0v) is 20.2. The summed E-state index contributed by atoms with van der Waals surface area (Å²) in [5, 5.41) is 10.0. The van der Waals surface area contributed by atoms with Crippen LogP contribution in [0.3, 0.4) is 0 Å². The second-order valence-corrected chi connectivity index (χ2v) is 11.6. The van der Waals surface area contributed by atoms with Gasteiger partial charge < -0.3 is 5.32 Å². The molecule has 174 valence electrons. The lowest BCUT2D eigenvalue weighted by Gasteiger charge is -2.12. The first-order valence-electron chi connectivity index (χ1n) is 10.8. The van der Waals surface area contributed by atoms with E-state index in [0.29, 0.717) is 45.7 Å². The van der Waals surface area contributed by atoms with Gasteiger partial charge in [0.1, 0.15) is 0 Å². The third-order valence-electron chi connectivity index (χ3n) is 5.94. The molecule has 3 aromatic heterocycles. The van der Waals surface area contributed by atoms with E-state index in [4.69, 9.17) is 4.98 Å². The number of hydrogen-bond donors (Lipinski definition) is 1. The number of Topliss-reactive ketones (excluding diaryl/α,β-unsaturated/α-hetero) is 1. The molecule has 1 aliphatic rings. The summed E-state index contributed by atoms with van der Waals surface area (Å²) < 4.78 is 25.9. The topological polar surface area (TPSA) is 111 Å². The van der Waals surface area contributed by atoms with Crippen LogP contribution >= 0.6 is 11.3 Å². The van der Waals surface area contributed by atoms with Crippen LogP contribution in [0.25, 0.3) is 21.6 Å². The van der Waals surface area contributed by atoms with Gasteiger partial charge in [0.2, 0.25) is 0 Å². The lowest BCUT2D eigenvalue weighted by Crippen LogP contribution is -2.15. The Hall–Kier alpha value is -3.37. The smallest absolute Gasteiger partial charge is 0.256 e. The predicted molar refractivity (Wildman–Crippen MR) is 132 cm³/mol. The molecule has 0 aliphatic carbocycles. The quantitative estimate of drug-likeness (QED) is 0.415. The highest BCUT2D eigenvalue weighted by molar-refractivity contribution is 7.91. The minimum atomic E-state index is -3.13. The van der Waals surface area contributed by atoms with Crippen LogP contribution in [0.1, 0.15) is 45.8 Å². The molecule has 1 amide bonds. The SMILES string of the molecule is CC(=O)c1cccc(NC(=O)c2cc(-c3cccs3)nc3c2c(C)nn3C2CCS(=O)(=O)C2)c1. The van der Waals surface area contributed by atoms with E-state index in [2.05, 4.69) is 10.4 Å². The third kappa shape index (κ3) is 4.14. The van der Waals surface area contributed by atoms with Gasteiger partial charge in [-0.3, -0.25) is 9.59 Å². The lowest BCUT2D eigenvalue weighted by atomic mass is 10.1. The number of aryl methyl sites for hydroxylation is 1. The van der Waals surface area contributed by atoms with Crippen LogP contribution in [0, 0.1) is 6.92 Å². The molecule has 1 fully saturated rings. The van der Waals surface area contributed by atoms with E-state index < -0.39 is 9.84 Å². The van der Waals surface area contributed by atoms with Crippen molar-refractivity contribution in [2.24, 2.45) is 0 Å². The van der Waals surface area contributed by atoms with E-state index in [1.165, 1.54) is 18.3 Å². The molecule has 0 saturated carbocycles. The zero-order chi connectivity index (χ0) is 24.0. The Morgan fingerprint density at radius 2 is 2.00 bits per heavy atom. The first kappa shape index (κ1) is 22.4. The van der Waals surface area contributed by atoms with Crippen molar-refractivity contribution >= 4 is 49.6 Å². The van der Waals surface area contributed by atoms with Crippen molar-refractivity contribution in [3.05, 3.63) is 64.7 Å². The van der Waals surface area contributed by atoms with Crippen LogP contribution < -0.4 is 5.32 Å². The van der Waals surface area contributed by atoms with Crippen molar-refractivity contribution in [2.75, 3.05) is 16.8 Å². The summed E-state index contributed by atoms with van der Waals surface area (Å²) in [6, 6.07) is 12.0. The molecule has 10 heteroatoms. The highest BCUT2D eigenvalue weighted by Gasteiger charge is 2.32. The van der Waals surface area contributed by atoms with E-state index >= 15 is 0 Å². The van der Waals surface area contributed by atoms with E-state index in [9.17, 15) is 18.0 Å². The fraction of sp³-hybridized carbons (Fsp3) is 0.250. The summed E-state index contributed by atoms with van der Waals surface area (Å²) in [7, 11) is -3.13. The second kappa shape index (κ2) is 8.44. The summed E-state index contributed by atoms with van der Waals surface area (Å²) in [4.78, 5) is 30.9. The number of carbonyl (C=O) groups excluding carboxylic acids is 2. The number of nitrogens with zero attached hydrogens (tertiary/aromatic N) is 3. The normalized spacial score (nSPS) is 17.2. The minimum Gasteiger partial charge on any atom is -0.322 e. The molecule has 4 heterocycles. The van der Waals surface area contributed by atoms with Gasteiger partial charge in [0, 0.05) is 11.3 Å². The van der Waals surface area contributed by atoms with Crippen molar-refractivity contribution in [3.8, 4) is 10.6 Å². The summed E-state index contributed by atoms with van der Waals surface area (Å²) in [6.07, 6.45) is 0.461. The van der Waals surface area contributed by atoms with Gasteiger partial charge in [0.15, 0.2) is 21.3 Å². The van der Waals surface area contributed by atoms with Gasteiger partial charge in [0.25, 0.3) is 5.91 Å². The van der Waals surface area contributed by atoms with Crippen LogP contribution in [-0.2, 0) is 9.84 Å². The number of aromatic nitrogens is 3. The molecule has 1 unspecified atom stereocenters. The molecule has 1 aliphatic heterocycles. The number of amides is 1. The van der Waals surface area contributed by atoms with Gasteiger partial charge >= 0.3 is 0 Å². The summed E-state index contributed by atoms with van der Waals surface area (Å²) in [5.41, 5.74) is 3.12. The molecule has 1 N–H and O–H groups in total. The zero-order valence-electron chi connectivity index (χ0n) is 18.6. The van der Waals surface area contributed by atoms with Crippen molar-refractivity contribution in [1.82, 2.24) is 14.8 Å². The molecule has 0 radical (unpaired) electrons. The molecule has 0 spiro atoms. The molecule has 0 bridgehead atoms. The Labute approximate surface area is 200 Å². The molecule has 1 atom stereocenters. The molecule has 1 aromatic carbocycles. The highest BCUT2D eigenvalue weighted by atomic mass is 32.2. The van der Waals surface area contributed by atoms with Gasteiger partial charge in [-0.1, -0.05) is 18.2 Å². The van der Waals surface area contributed by atoms with Crippen LogP contribution in [0.15, 0.2) is 47.8 Å². The number of carbonyl (C=O) groups is 2. The maximum Gasteiger partial charge on any atom is 0.256 e. The number of thiophene rings is 1. The third-order valence-corrected chi connectivity index (χ3v) is 8.58. The lowest BCUT2D eigenvalue weighted by molar-refractivity contribution is 0.101. The van der Waals surface area contributed by atoms with Gasteiger partial charge in [-0.25, -0.2) is 18.1 Å². The van der Waals surface area contributed by atoms with Crippen LogP contribution in [0.2, 0.25) is 0 Å². The molecule has 8 nitrogen and oxygen atoms in total. The number of pyridine rings is 1. The van der Waals surface area contributed by atoms with E-state index in [1.807, 2.05) is 17.5 Å². The van der Waals surface area contributed by atoms with Crippen molar-refractivity contribution < 1.29 is 18.0 Å². The van der Waals surface area contributed by atoms with E-state index in [0.717, 1.165) is 4.88 Å². The Balaban J connectivity index is 1.64.